The lowest BCUT2D eigenvalue weighted by atomic mass is 9.82. The number of hydrogen-bond acceptors (Lipinski definition) is 2. The Kier molecular flexibility index (Phi) is 3.90. The van der Waals surface area contributed by atoms with E-state index in [1.807, 2.05) is 45.2 Å². The van der Waals surface area contributed by atoms with E-state index in [0.717, 1.165) is 10.0 Å². The van der Waals surface area contributed by atoms with Crippen LogP contribution in [0.1, 0.15) is 25.5 Å². The molecule has 2 nitrogen and oxygen atoms in total. The molecule has 0 radical (unpaired) electrons. The summed E-state index contributed by atoms with van der Waals surface area (Å²) in [6, 6.07) is 10.4. The molecule has 0 aliphatic carbocycles. The van der Waals surface area contributed by atoms with Crippen LogP contribution in [0, 0.1) is 16.7 Å². The molecule has 80 valence electrons. The fourth-order valence-corrected chi connectivity index (χ4v) is 1.93. The molecule has 0 saturated carbocycles. The quantitative estimate of drug-likeness (QED) is 0.912. The van der Waals surface area contributed by atoms with Crippen molar-refractivity contribution in [1.82, 2.24) is 5.32 Å². The standard InChI is InChI=1S/C12H15BrN2/c1-12(2,8-14)11(15-3)9-4-6-10(13)7-5-9/h4-7,11,15H,1-3H3. The number of halogens is 1. The molecule has 3 heteroatoms. The van der Waals surface area contributed by atoms with Gasteiger partial charge in [0.1, 0.15) is 0 Å². The topological polar surface area (TPSA) is 35.8 Å². The number of rotatable bonds is 3. The Hall–Kier alpha value is -0.850. The molecule has 0 spiro atoms. The van der Waals surface area contributed by atoms with Gasteiger partial charge in [-0.25, -0.2) is 0 Å². The second kappa shape index (κ2) is 4.78. The van der Waals surface area contributed by atoms with Gasteiger partial charge in [-0.05, 0) is 38.6 Å². The second-order valence-corrected chi connectivity index (χ2v) is 5.02. The van der Waals surface area contributed by atoms with Gasteiger partial charge < -0.3 is 5.32 Å². The average Bonchev–Trinajstić information content (AvgIpc) is 2.22. The first-order valence-corrected chi connectivity index (χ1v) is 5.64. The zero-order valence-corrected chi connectivity index (χ0v) is 10.8. The molecule has 0 aliphatic heterocycles. The molecule has 1 aromatic rings. The zero-order valence-electron chi connectivity index (χ0n) is 9.21. The van der Waals surface area contributed by atoms with Crippen LogP contribution in [0.15, 0.2) is 28.7 Å². The molecule has 1 N–H and O–H groups in total. The fraction of sp³-hybridized carbons (Fsp3) is 0.417. The molecule has 0 aromatic heterocycles. The van der Waals surface area contributed by atoms with E-state index in [-0.39, 0.29) is 6.04 Å². The highest BCUT2D eigenvalue weighted by atomic mass is 79.9. The Labute approximate surface area is 99.4 Å². The molecule has 1 aromatic carbocycles. The van der Waals surface area contributed by atoms with Gasteiger partial charge in [-0.1, -0.05) is 28.1 Å². The SMILES string of the molecule is CNC(c1ccc(Br)cc1)C(C)(C)C#N. The van der Waals surface area contributed by atoms with Gasteiger partial charge in [0.05, 0.1) is 17.5 Å². The highest BCUT2D eigenvalue weighted by molar-refractivity contribution is 9.10. The molecular weight excluding hydrogens is 252 g/mol. The van der Waals surface area contributed by atoms with Crippen LogP contribution in [0.25, 0.3) is 0 Å². The van der Waals surface area contributed by atoms with E-state index >= 15 is 0 Å². The number of nitrogens with one attached hydrogen (secondary N) is 1. The molecule has 0 fully saturated rings. The van der Waals surface area contributed by atoms with Crippen LogP contribution in [-0.2, 0) is 0 Å². The maximum atomic E-state index is 9.11. The lowest BCUT2D eigenvalue weighted by Crippen LogP contribution is -2.30. The monoisotopic (exact) mass is 266 g/mol. The van der Waals surface area contributed by atoms with Crippen molar-refractivity contribution < 1.29 is 0 Å². The largest absolute Gasteiger partial charge is 0.312 e. The summed E-state index contributed by atoms with van der Waals surface area (Å²) in [7, 11) is 1.88. The minimum atomic E-state index is -0.414. The summed E-state index contributed by atoms with van der Waals surface area (Å²) in [4.78, 5) is 0. The summed E-state index contributed by atoms with van der Waals surface area (Å²) in [5.41, 5.74) is 0.718. The number of benzene rings is 1. The maximum absolute atomic E-state index is 9.11. The van der Waals surface area contributed by atoms with Gasteiger partial charge in [-0.2, -0.15) is 5.26 Å². The summed E-state index contributed by atoms with van der Waals surface area (Å²) >= 11 is 3.40. The molecule has 0 aliphatic rings. The van der Waals surface area contributed by atoms with Crippen LogP contribution < -0.4 is 5.32 Å². The Morgan fingerprint density at radius 2 is 1.87 bits per heavy atom. The van der Waals surface area contributed by atoms with Gasteiger partial charge >= 0.3 is 0 Å². The van der Waals surface area contributed by atoms with Crippen LogP contribution in [-0.4, -0.2) is 7.05 Å². The summed E-state index contributed by atoms with van der Waals surface area (Å²) < 4.78 is 1.05. The average molecular weight is 267 g/mol. The lowest BCUT2D eigenvalue weighted by Gasteiger charge is -2.28. The van der Waals surface area contributed by atoms with Crippen LogP contribution in [0.3, 0.4) is 0 Å². The smallest absolute Gasteiger partial charge is 0.0712 e. The summed E-state index contributed by atoms with van der Waals surface area (Å²) in [6.45, 7) is 3.88. The molecule has 1 unspecified atom stereocenters. The minimum absolute atomic E-state index is 0.0515. The molecule has 0 heterocycles. The van der Waals surface area contributed by atoms with E-state index in [2.05, 4.69) is 27.3 Å². The van der Waals surface area contributed by atoms with Crippen molar-refractivity contribution in [2.75, 3.05) is 7.05 Å². The third-order valence-corrected chi connectivity index (χ3v) is 3.03. The van der Waals surface area contributed by atoms with Crippen LogP contribution in [0.5, 0.6) is 0 Å². The Morgan fingerprint density at radius 3 is 2.27 bits per heavy atom. The van der Waals surface area contributed by atoms with Crippen molar-refractivity contribution in [2.24, 2.45) is 5.41 Å². The van der Waals surface area contributed by atoms with Crippen molar-refractivity contribution in [3.63, 3.8) is 0 Å². The van der Waals surface area contributed by atoms with Crippen molar-refractivity contribution in [3.8, 4) is 6.07 Å². The van der Waals surface area contributed by atoms with Gasteiger partial charge in [0, 0.05) is 4.47 Å². The highest BCUT2D eigenvalue weighted by Gasteiger charge is 2.29. The molecule has 15 heavy (non-hydrogen) atoms. The predicted octanol–water partition coefficient (Wildman–Crippen LogP) is 3.26. The molecule has 0 amide bonds. The Balaban J connectivity index is 3.04. The first kappa shape index (κ1) is 12.2. The fourth-order valence-electron chi connectivity index (χ4n) is 1.66. The van der Waals surface area contributed by atoms with E-state index in [0.29, 0.717) is 0 Å². The van der Waals surface area contributed by atoms with E-state index < -0.39 is 5.41 Å². The first-order valence-electron chi connectivity index (χ1n) is 4.85. The van der Waals surface area contributed by atoms with Crippen molar-refractivity contribution >= 4 is 15.9 Å². The first-order chi connectivity index (χ1) is 7.01. The van der Waals surface area contributed by atoms with Crippen molar-refractivity contribution in [1.29, 1.82) is 5.26 Å². The minimum Gasteiger partial charge on any atom is -0.312 e. The number of hydrogen-bond donors (Lipinski definition) is 1. The summed E-state index contributed by atoms with van der Waals surface area (Å²) in [5, 5.41) is 12.3. The van der Waals surface area contributed by atoms with Gasteiger partial charge in [-0.3, -0.25) is 0 Å². The van der Waals surface area contributed by atoms with Crippen LogP contribution in [0.2, 0.25) is 0 Å². The van der Waals surface area contributed by atoms with Gasteiger partial charge in [0.15, 0.2) is 0 Å². The normalized spacial score (nSPS) is 13.3. The second-order valence-electron chi connectivity index (χ2n) is 4.11. The van der Waals surface area contributed by atoms with Crippen molar-refractivity contribution in [2.45, 2.75) is 19.9 Å². The maximum Gasteiger partial charge on any atom is 0.0712 e. The number of nitriles is 1. The van der Waals surface area contributed by atoms with E-state index in [9.17, 15) is 0 Å². The Morgan fingerprint density at radius 1 is 1.33 bits per heavy atom. The van der Waals surface area contributed by atoms with Crippen LogP contribution >= 0.6 is 15.9 Å². The third kappa shape index (κ3) is 2.80. The molecule has 1 rings (SSSR count). The van der Waals surface area contributed by atoms with Crippen molar-refractivity contribution in [3.05, 3.63) is 34.3 Å². The summed E-state index contributed by atoms with van der Waals surface area (Å²) in [5.74, 6) is 0. The molecule has 0 bridgehead atoms. The van der Waals surface area contributed by atoms with E-state index in [4.69, 9.17) is 5.26 Å². The number of nitrogens with zero attached hydrogens (tertiary/aromatic N) is 1. The molecular formula is C12H15BrN2. The van der Waals surface area contributed by atoms with Gasteiger partial charge in [0.25, 0.3) is 0 Å². The summed E-state index contributed by atoms with van der Waals surface area (Å²) in [6.07, 6.45) is 0. The van der Waals surface area contributed by atoms with Crippen LogP contribution in [0.4, 0.5) is 0 Å². The third-order valence-electron chi connectivity index (χ3n) is 2.50. The van der Waals surface area contributed by atoms with E-state index in [1.54, 1.807) is 0 Å². The molecule has 0 saturated heterocycles. The van der Waals surface area contributed by atoms with E-state index in [1.165, 1.54) is 0 Å². The van der Waals surface area contributed by atoms with Gasteiger partial charge in [-0.15, -0.1) is 0 Å². The highest BCUT2D eigenvalue weighted by Crippen LogP contribution is 2.32. The lowest BCUT2D eigenvalue weighted by molar-refractivity contribution is 0.344. The zero-order chi connectivity index (χ0) is 11.5. The van der Waals surface area contributed by atoms with Gasteiger partial charge in [0.2, 0.25) is 0 Å². The predicted molar refractivity (Wildman–Crippen MR) is 65.3 cm³/mol. The molecule has 1 atom stereocenters. The Bertz CT molecular complexity index is 362.